The van der Waals surface area contributed by atoms with Crippen molar-refractivity contribution in [1.29, 1.82) is 0 Å². The number of thiazole rings is 1. The lowest BCUT2D eigenvalue weighted by Crippen LogP contribution is -2.38. The van der Waals surface area contributed by atoms with Crippen LogP contribution >= 0.6 is 23.1 Å². The van der Waals surface area contributed by atoms with Crippen LogP contribution in [0.4, 0.5) is 10.6 Å². The van der Waals surface area contributed by atoms with E-state index in [1.165, 1.54) is 10.5 Å². The van der Waals surface area contributed by atoms with Gasteiger partial charge in [-0.25, -0.2) is 9.97 Å². The van der Waals surface area contributed by atoms with Crippen molar-refractivity contribution in [2.75, 3.05) is 31.2 Å². The van der Waals surface area contributed by atoms with Gasteiger partial charge in [0.15, 0.2) is 0 Å². The number of thioether (sulfide) groups is 1. The summed E-state index contributed by atoms with van der Waals surface area (Å²) in [4.78, 5) is 49.0. The molecule has 0 saturated carbocycles. The van der Waals surface area contributed by atoms with Crippen molar-refractivity contribution in [2.24, 2.45) is 0 Å². The Morgan fingerprint density at radius 2 is 1.97 bits per heavy atom. The summed E-state index contributed by atoms with van der Waals surface area (Å²) < 4.78 is 6.95. The molecular weight excluding hydrogens is 486 g/mol. The van der Waals surface area contributed by atoms with Gasteiger partial charge in [0.25, 0.3) is 16.7 Å². The van der Waals surface area contributed by atoms with E-state index >= 15 is 0 Å². The number of rotatable bonds is 6. The van der Waals surface area contributed by atoms with Crippen LogP contribution in [-0.2, 0) is 22.4 Å². The fourth-order valence-corrected chi connectivity index (χ4v) is 5.61. The molecule has 2 fully saturated rings. The molecule has 0 aliphatic carbocycles. The molecule has 5 heterocycles. The summed E-state index contributed by atoms with van der Waals surface area (Å²) in [5, 5.41) is 4.99. The number of anilines is 1. The summed E-state index contributed by atoms with van der Waals surface area (Å²) in [5.74, 6) is 0.402. The van der Waals surface area contributed by atoms with Gasteiger partial charge in [0.1, 0.15) is 11.5 Å². The Bertz CT molecular complexity index is 1390. The molecule has 0 radical (unpaired) electrons. The summed E-state index contributed by atoms with van der Waals surface area (Å²) in [6.45, 7) is 6.49. The Morgan fingerprint density at radius 1 is 1.17 bits per heavy atom. The first-order chi connectivity index (χ1) is 16.9. The number of hydrogen-bond donors (Lipinski definition) is 1. The van der Waals surface area contributed by atoms with E-state index in [1.54, 1.807) is 17.5 Å². The van der Waals surface area contributed by atoms with Gasteiger partial charge in [-0.2, -0.15) is 0 Å². The van der Waals surface area contributed by atoms with Gasteiger partial charge in [-0.05, 0) is 47.9 Å². The van der Waals surface area contributed by atoms with Gasteiger partial charge in [0.05, 0.1) is 34.4 Å². The zero-order valence-corrected chi connectivity index (χ0v) is 21.1. The first-order valence-electron chi connectivity index (χ1n) is 11.5. The number of pyridine rings is 1. The molecule has 0 unspecified atom stereocenters. The maximum Gasteiger partial charge on any atom is 0.290 e. The standard InChI is InChI=1S/C24H25N5O4S2/c1-14(2)17-13-34-20(25-17)4-3-15-5-6-29-19(11-15)26-21(28-7-9-33-10-8-28)16(23(29)31)12-18-22(30)27-24(32)35-18/h5-6,11-14H,3-4,7-10H2,1-2H3,(H,27,30,32)/b18-12-. The molecule has 0 aromatic carbocycles. The van der Waals surface area contributed by atoms with Gasteiger partial charge in [-0.15, -0.1) is 11.3 Å². The summed E-state index contributed by atoms with van der Waals surface area (Å²) in [7, 11) is 0. The van der Waals surface area contributed by atoms with Crippen molar-refractivity contribution in [1.82, 2.24) is 19.7 Å². The Morgan fingerprint density at radius 3 is 2.66 bits per heavy atom. The van der Waals surface area contributed by atoms with Crippen molar-refractivity contribution in [3.8, 4) is 0 Å². The predicted octanol–water partition coefficient (Wildman–Crippen LogP) is 3.22. The minimum atomic E-state index is -0.504. The number of morpholine rings is 1. The Kier molecular flexibility index (Phi) is 6.72. The average molecular weight is 512 g/mol. The molecule has 0 bridgehead atoms. The lowest BCUT2D eigenvalue weighted by atomic mass is 10.1. The molecule has 35 heavy (non-hydrogen) atoms. The van der Waals surface area contributed by atoms with E-state index in [0.717, 1.165) is 40.9 Å². The number of aryl methyl sites for hydroxylation is 2. The number of carbonyl (C=O) groups is 2. The summed E-state index contributed by atoms with van der Waals surface area (Å²) >= 11 is 2.46. The minimum absolute atomic E-state index is 0.184. The lowest BCUT2D eigenvalue weighted by Gasteiger charge is -2.29. The highest BCUT2D eigenvalue weighted by molar-refractivity contribution is 8.18. The Balaban J connectivity index is 1.51. The molecule has 1 N–H and O–H groups in total. The van der Waals surface area contributed by atoms with Crippen LogP contribution in [0.5, 0.6) is 0 Å². The number of carbonyl (C=O) groups excluding carboxylic acids is 2. The maximum atomic E-state index is 13.5. The van der Waals surface area contributed by atoms with Gasteiger partial charge in [0.2, 0.25) is 0 Å². The quantitative estimate of drug-likeness (QED) is 0.503. The van der Waals surface area contributed by atoms with Crippen LogP contribution in [0.15, 0.2) is 33.4 Å². The summed E-state index contributed by atoms with van der Waals surface area (Å²) in [6, 6.07) is 3.85. The number of imide groups is 1. The third-order valence-corrected chi connectivity index (χ3v) is 7.66. The third-order valence-electron chi connectivity index (χ3n) is 5.93. The molecule has 2 aliphatic rings. The second-order valence-electron chi connectivity index (χ2n) is 8.69. The molecule has 0 spiro atoms. The average Bonchev–Trinajstić information content (AvgIpc) is 3.45. The van der Waals surface area contributed by atoms with E-state index in [2.05, 4.69) is 24.5 Å². The maximum absolute atomic E-state index is 13.5. The van der Waals surface area contributed by atoms with Gasteiger partial charge < -0.3 is 9.64 Å². The minimum Gasteiger partial charge on any atom is -0.378 e. The second kappa shape index (κ2) is 9.92. The van der Waals surface area contributed by atoms with E-state index in [9.17, 15) is 14.4 Å². The zero-order valence-electron chi connectivity index (χ0n) is 19.4. The first kappa shape index (κ1) is 23.7. The highest BCUT2D eigenvalue weighted by atomic mass is 32.2. The number of nitrogens with zero attached hydrogens (tertiary/aromatic N) is 4. The van der Waals surface area contributed by atoms with Gasteiger partial charge >= 0.3 is 0 Å². The summed E-state index contributed by atoms with van der Waals surface area (Å²) in [5.41, 5.74) is 2.72. The predicted molar refractivity (Wildman–Crippen MR) is 137 cm³/mol. The molecule has 5 rings (SSSR count). The van der Waals surface area contributed by atoms with Crippen molar-refractivity contribution in [3.05, 3.63) is 60.8 Å². The molecular formula is C24H25N5O4S2. The zero-order chi connectivity index (χ0) is 24.5. The molecule has 2 aliphatic heterocycles. The largest absolute Gasteiger partial charge is 0.378 e. The Labute approximate surface area is 210 Å². The molecule has 0 atom stereocenters. The molecule has 3 aromatic heterocycles. The lowest BCUT2D eigenvalue weighted by molar-refractivity contribution is -0.115. The highest BCUT2D eigenvalue weighted by Crippen LogP contribution is 2.28. The number of amides is 2. The first-order valence-corrected chi connectivity index (χ1v) is 13.2. The van der Waals surface area contributed by atoms with Crippen molar-refractivity contribution < 1.29 is 14.3 Å². The van der Waals surface area contributed by atoms with Crippen LogP contribution in [0.1, 0.15) is 41.6 Å². The Hall–Kier alpha value is -3.02. The van der Waals surface area contributed by atoms with E-state index in [1.807, 2.05) is 17.0 Å². The smallest absolute Gasteiger partial charge is 0.290 e. The number of aromatic nitrogens is 3. The number of nitrogens with one attached hydrogen (secondary N) is 1. The summed E-state index contributed by atoms with van der Waals surface area (Å²) in [6.07, 6.45) is 4.80. The molecule has 2 amide bonds. The van der Waals surface area contributed by atoms with Crippen LogP contribution < -0.4 is 15.8 Å². The van der Waals surface area contributed by atoms with Crippen molar-refractivity contribution >= 4 is 51.8 Å². The van der Waals surface area contributed by atoms with Crippen LogP contribution in [0.25, 0.3) is 11.7 Å². The van der Waals surface area contributed by atoms with Gasteiger partial charge in [0, 0.05) is 31.1 Å². The second-order valence-corrected chi connectivity index (χ2v) is 10.6. The third kappa shape index (κ3) is 5.02. The molecule has 9 nitrogen and oxygen atoms in total. The fraction of sp³-hybridized carbons (Fsp3) is 0.375. The fourth-order valence-electron chi connectivity index (χ4n) is 3.99. The molecule has 2 saturated heterocycles. The number of fused-ring (bicyclic) bond motifs is 1. The van der Waals surface area contributed by atoms with Crippen molar-refractivity contribution in [2.45, 2.75) is 32.6 Å². The van der Waals surface area contributed by atoms with E-state index in [4.69, 9.17) is 14.7 Å². The molecule has 3 aromatic rings. The van der Waals surface area contributed by atoms with E-state index < -0.39 is 11.1 Å². The van der Waals surface area contributed by atoms with E-state index in [-0.39, 0.29) is 16.0 Å². The van der Waals surface area contributed by atoms with Crippen LogP contribution in [0.2, 0.25) is 0 Å². The van der Waals surface area contributed by atoms with Crippen LogP contribution in [-0.4, -0.2) is 51.8 Å². The monoisotopic (exact) mass is 511 g/mol. The molecule has 11 heteroatoms. The van der Waals surface area contributed by atoms with Gasteiger partial charge in [-0.1, -0.05) is 13.8 Å². The molecule has 182 valence electrons. The van der Waals surface area contributed by atoms with Gasteiger partial charge in [-0.3, -0.25) is 24.1 Å². The van der Waals surface area contributed by atoms with E-state index in [0.29, 0.717) is 43.7 Å². The highest BCUT2D eigenvalue weighted by Gasteiger charge is 2.27. The SMILES string of the molecule is CC(C)c1csc(CCc2ccn3c(=O)c(/C=C4\SC(=O)NC4=O)c(N4CCOCC4)nc3c2)n1. The number of ether oxygens (including phenoxy) is 1. The number of hydrogen-bond acceptors (Lipinski definition) is 9. The van der Waals surface area contributed by atoms with Crippen LogP contribution in [0.3, 0.4) is 0 Å². The topological polar surface area (TPSA) is 106 Å². The van der Waals surface area contributed by atoms with Crippen molar-refractivity contribution in [3.63, 3.8) is 0 Å². The normalized spacial score (nSPS) is 17.7. The van der Waals surface area contributed by atoms with Crippen LogP contribution in [0, 0.1) is 0 Å².